The second kappa shape index (κ2) is 15.5. The van der Waals surface area contributed by atoms with Crippen molar-refractivity contribution in [2.75, 3.05) is 4.90 Å². The van der Waals surface area contributed by atoms with Crippen molar-refractivity contribution in [2.24, 2.45) is 0 Å². The van der Waals surface area contributed by atoms with Gasteiger partial charge in [0.1, 0.15) is 22.7 Å². The molecule has 3 heteroatoms. The number of furan rings is 1. The van der Waals surface area contributed by atoms with Crippen LogP contribution < -0.4 is 9.64 Å². The number of hydrogen-bond acceptors (Lipinski definition) is 3. The third kappa shape index (κ3) is 5.81. The Bertz CT molecular complexity index is 4450. The molecule has 0 N–H and O–H groups in total. The SMILES string of the molecule is CC1(C)c2ccccc2-c2ccc(N(c3ccc(-c4cccc5c4-c4ccccc4C54c5ccc6ccccc6c5Oc5c4ccc4ccccc54)cc3)c3ccc(-c4cccc5c4oc4ccccc45)cc3)cc21. The molecule has 0 amide bonds. The average molecular weight is 958 g/mol. The zero-order valence-electron chi connectivity index (χ0n) is 41.4. The van der Waals surface area contributed by atoms with Gasteiger partial charge in [-0.3, -0.25) is 0 Å². The van der Waals surface area contributed by atoms with Gasteiger partial charge in [-0.25, -0.2) is 0 Å². The highest BCUT2D eigenvalue weighted by Crippen LogP contribution is 2.65. The molecule has 0 unspecified atom stereocenters. The van der Waals surface area contributed by atoms with E-state index in [-0.39, 0.29) is 5.41 Å². The first-order chi connectivity index (χ1) is 36.9. The van der Waals surface area contributed by atoms with Crippen LogP contribution >= 0.6 is 0 Å². The van der Waals surface area contributed by atoms with Crippen LogP contribution in [0.4, 0.5) is 17.1 Å². The summed E-state index contributed by atoms with van der Waals surface area (Å²) < 4.78 is 13.8. The van der Waals surface area contributed by atoms with E-state index in [1.807, 2.05) is 6.07 Å². The summed E-state index contributed by atoms with van der Waals surface area (Å²) in [4.78, 5) is 2.42. The fourth-order valence-electron chi connectivity index (χ4n) is 13.5. The molecule has 352 valence electrons. The van der Waals surface area contributed by atoms with Crippen LogP contribution in [0.5, 0.6) is 11.5 Å². The second-order valence-electron chi connectivity index (χ2n) is 21.1. The lowest BCUT2D eigenvalue weighted by atomic mass is 9.65. The van der Waals surface area contributed by atoms with E-state index < -0.39 is 5.41 Å². The molecule has 16 rings (SSSR count). The molecule has 0 atom stereocenters. The summed E-state index contributed by atoms with van der Waals surface area (Å²) >= 11 is 0. The zero-order valence-corrected chi connectivity index (χ0v) is 41.4. The van der Waals surface area contributed by atoms with Crippen LogP contribution in [0.1, 0.15) is 47.2 Å². The van der Waals surface area contributed by atoms with Gasteiger partial charge < -0.3 is 14.1 Å². The van der Waals surface area contributed by atoms with Crippen molar-refractivity contribution < 1.29 is 9.15 Å². The third-order valence-corrected chi connectivity index (χ3v) is 16.9. The minimum Gasteiger partial charge on any atom is -0.455 e. The Labute approximate surface area is 435 Å². The standard InChI is InChI=1S/C72H47NO2/c1-71(2)60-25-10-7-19-55(60)56-40-39-50(43-65(56)71)73(49-37-31-47(32-38-49)52-23-13-24-58-57-20-9-12-28-66(57)74-68(52)58)48-35-29-46(30-36-48)51-22-14-27-62-67(51)59-21-8-11-26-61(59)72(62)63-41-33-44-15-3-5-17-53(44)69(63)75-70-54-18-6-4-16-45(54)34-42-64(70)72/h3-43H,1-2H3. The average Bonchev–Trinajstić information content (AvgIpc) is 4.27. The Kier molecular flexibility index (Phi) is 8.72. The Morgan fingerprint density at radius 2 is 0.840 bits per heavy atom. The van der Waals surface area contributed by atoms with Crippen molar-refractivity contribution in [2.45, 2.75) is 24.7 Å². The molecule has 0 fully saturated rings. The Balaban J connectivity index is 0.861. The van der Waals surface area contributed by atoms with Gasteiger partial charge in [0.15, 0.2) is 0 Å². The summed E-state index contributed by atoms with van der Waals surface area (Å²) in [5, 5.41) is 6.81. The number of anilines is 3. The molecule has 3 nitrogen and oxygen atoms in total. The van der Waals surface area contributed by atoms with Crippen molar-refractivity contribution in [3.8, 4) is 56.0 Å². The van der Waals surface area contributed by atoms with Crippen molar-refractivity contribution in [3.63, 3.8) is 0 Å². The number of rotatable bonds is 5. The maximum atomic E-state index is 7.24. The predicted molar refractivity (Wildman–Crippen MR) is 309 cm³/mol. The summed E-state index contributed by atoms with van der Waals surface area (Å²) in [5.41, 5.74) is 21.5. The van der Waals surface area contributed by atoms with Crippen molar-refractivity contribution in [3.05, 3.63) is 282 Å². The van der Waals surface area contributed by atoms with Gasteiger partial charge in [0, 0.05) is 60.7 Å². The molecule has 2 heterocycles. The van der Waals surface area contributed by atoms with Gasteiger partial charge >= 0.3 is 0 Å². The maximum absolute atomic E-state index is 7.24. The van der Waals surface area contributed by atoms with E-state index in [9.17, 15) is 0 Å². The fraction of sp³-hybridized carbons (Fsp3) is 0.0556. The summed E-state index contributed by atoms with van der Waals surface area (Å²) in [6.07, 6.45) is 0. The first-order valence-corrected chi connectivity index (χ1v) is 26.1. The number of nitrogens with zero attached hydrogens (tertiary/aromatic N) is 1. The number of fused-ring (bicyclic) bond motifs is 19. The predicted octanol–water partition coefficient (Wildman–Crippen LogP) is 19.5. The minimum absolute atomic E-state index is 0.153. The minimum atomic E-state index is -0.626. The molecular formula is C72H47NO2. The molecule has 0 saturated heterocycles. The van der Waals surface area contributed by atoms with Gasteiger partial charge in [0.05, 0.1) is 5.41 Å². The highest BCUT2D eigenvalue weighted by Gasteiger charge is 2.52. The van der Waals surface area contributed by atoms with Crippen molar-refractivity contribution in [1.29, 1.82) is 0 Å². The molecular weight excluding hydrogens is 911 g/mol. The molecule has 13 aromatic rings. The molecule has 0 saturated carbocycles. The fourth-order valence-corrected chi connectivity index (χ4v) is 13.5. The lowest BCUT2D eigenvalue weighted by Crippen LogP contribution is -2.32. The number of benzene rings is 12. The Morgan fingerprint density at radius 1 is 0.333 bits per heavy atom. The molecule has 2 aliphatic carbocycles. The van der Waals surface area contributed by atoms with Gasteiger partial charge in [0.2, 0.25) is 0 Å². The molecule has 12 aromatic carbocycles. The van der Waals surface area contributed by atoms with E-state index in [2.05, 4.69) is 261 Å². The lowest BCUT2D eigenvalue weighted by molar-refractivity contribution is 0.447. The van der Waals surface area contributed by atoms with Gasteiger partial charge in [0.25, 0.3) is 0 Å². The molecule has 1 spiro atoms. The Morgan fingerprint density at radius 3 is 1.55 bits per heavy atom. The first kappa shape index (κ1) is 42.1. The van der Waals surface area contributed by atoms with Gasteiger partial charge in [-0.05, 0) is 114 Å². The van der Waals surface area contributed by atoms with E-state index in [0.717, 1.165) is 88.7 Å². The van der Waals surface area contributed by atoms with Gasteiger partial charge in [-0.2, -0.15) is 0 Å². The van der Waals surface area contributed by atoms with E-state index >= 15 is 0 Å². The van der Waals surface area contributed by atoms with Crippen LogP contribution in [0.15, 0.2) is 253 Å². The maximum Gasteiger partial charge on any atom is 0.143 e. The molecule has 0 bridgehead atoms. The van der Waals surface area contributed by atoms with Crippen LogP contribution in [0.25, 0.3) is 88.0 Å². The van der Waals surface area contributed by atoms with Crippen molar-refractivity contribution in [1.82, 2.24) is 0 Å². The quantitative estimate of drug-likeness (QED) is 0.172. The van der Waals surface area contributed by atoms with E-state index in [1.54, 1.807) is 0 Å². The smallest absolute Gasteiger partial charge is 0.143 e. The second-order valence-corrected chi connectivity index (χ2v) is 21.1. The van der Waals surface area contributed by atoms with Gasteiger partial charge in [-0.15, -0.1) is 0 Å². The highest BCUT2D eigenvalue weighted by molar-refractivity contribution is 6.10. The van der Waals surface area contributed by atoms with Crippen LogP contribution in [0, 0.1) is 0 Å². The first-order valence-electron chi connectivity index (χ1n) is 26.1. The zero-order chi connectivity index (χ0) is 49.6. The third-order valence-electron chi connectivity index (χ3n) is 16.9. The molecule has 75 heavy (non-hydrogen) atoms. The number of ether oxygens (including phenoxy) is 1. The molecule has 3 aliphatic rings. The number of para-hydroxylation sites is 2. The van der Waals surface area contributed by atoms with Crippen LogP contribution in [-0.4, -0.2) is 0 Å². The Hall–Kier alpha value is -9.44. The van der Waals surface area contributed by atoms with E-state index in [1.165, 1.54) is 61.2 Å². The molecule has 0 radical (unpaired) electrons. The largest absolute Gasteiger partial charge is 0.455 e. The van der Waals surface area contributed by atoms with Crippen LogP contribution in [0.2, 0.25) is 0 Å². The summed E-state index contributed by atoms with van der Waals surface area (Å²) in [6, 6.07) is 91.4. The summed E-state index contributed by atoms with van der Waals surface area (Å²) in [7, 11) is 0. The molecule has 1 aliphatic heterocycles. The van der Waals surface area contributed by atoms with Crippen molar-refractivity contribution >= 4 is 60.5 Å². The van der Waals surface area contributed by atoms with E-state index in [0.29, 0.717) is 0 Å². The number of hydrogen-bond donors (Lipinski definition) is 0. The van der Waals surface area contributed by atoms with Gasteiger partial charge in [-0.1, -0.05) is 220 Å². The molecule has 1 aromatic heterocycles. The monoisotopic (exact) mass is 957 g/mol. The van der Waals surface area contributed by atoms with Crippen LogP contribution in [-0.2, 0) is 10.8 Å². The van der Waals surface area contributed by atoms with Crippen LogP contribution in [0.3, 0.4) is 0 Å². The lowest BCUT2D eigenvalue weighted by Gasteiger charge is -2.40. The summed E-state index contributed by atoms with van der Waals surface area (Å²) in [5.74, 6) is 1.85. The highest BCUT2D eigenvalue weighted by atomic mass is 16.5. The van der Waals surface area contributed by atoms with E-state index in [4.69, 9.17) is 9.15 Å². The topological polar surface area (TPSA) is 25.6 Å². The summed E-state index contributed by atoms with van der Waals surface area (Å²) in [6.45, 7) is 4.72. The normalized spacial score (nSPS) is 14.1.